The van der Waals surface area contributed by atoms with Crippen LogP contribution in [-0.4, -0.2) is 61.9 Å². The standard InChI is InChI=1S/C20H28N2O3/c1-16-5-2-6-17(13-16)21-9-4-8-20(14-21)15-22(10-12-25-20)19(23)18-7-3-11-24-18/h2,5-6,13,18H,3-4,7-12,14-15H2,1H3/t18-,20?/m0/s1. The van der Waals surface area contributed by atoms with Gasteiger partial charge < -0.3 is 19.3 Å². The second-order valence-corrected chi connectivity index (χ2v) is 7.66. The van der Waals surface area contributed by atoms with Crippen molar-refractivity contribution in [1.29, 1.82) is 0 Å². The normalized spacial score (nSPS) is 30.0. The summed E-state index contributed by atoms with van der Waals surface area (Å²) >= 11 is 0. The van der Waals surface area contributed by atoms with Gasteiger partial charge in [0.05, 0.1) is 13.2 Å². The average molecular weight is 344 g/mol. The average Bonchev–Trinajstić information content (AvgIpc) is 3.16. The van der Waals surface area contributed by atoms with E-state index in [1.807, 2.05) is 4.90 Å². The van der Waals surface area contributed by atoms with Crippen LogP contribution in [0.3, 0.4) is 0 Å². The van der Waals surface area contributed by atoms with Gasteiger partial charge >= 0.3 is 0 Å². The summed E-state index contributed by atoms with van der Waals surface area (Å²) in [6.45, 7) is 6.74. The SMILES string of the molecule is Cc1cccc(N2CCCC3(CN(C(=O)[C@@H]4CCCO4)CCO3)C2)c1. The molecule has 2 atom stereocenters. The van der Waals surface area contributed by atoms with E-state index in [9.17, 15) is 4.79 Å². The van der Waals surface area contributed by atoms with Crippen molar-refractivity contribution in [2.45, 2.75) is 44.3 Å². The van der Waals surface area contributed by atoms with Gasteiger partial charge in [-0.1, -0.05) is 12.1 Å². The van der Waals surface area contributed by atoms with Crippen LogP contribution in [0.2, 0.25) is 0 Å². The number of nitrogens with zero attached hydrogens (tertiary/aromatic N) is 2. The third kappa shape index (κ3) is 3.53. The number of benzene rings is 1. The number of carbonyl (C=O) groups excluding carboxylic acids is 1. The molecule has 0 radical (unpaired) electrons. The molecule has 1 spiro atoms. The minimum absolute atomic E-state index is 0.160. The summed E-state index contributed by atoms with van der Waals surface area (Å²) < 4.78 is 11.9. The lowest BCUT2D eigenvalue weighted by Crippen LogP contribution is -2.61. The Hall–Kier alpha value is -1.59. The Morgan fingerprint density at radius 2 is 2.12 bits per heavy atom. The van der Waals surface area contributed by atoms with Gasteiger partial charge in [-0.15, -0.1) is 0 Å². The Bertz CT molecular complexity index is 625. The van der Waals surface area contributed by atoms with E-state index in [0.29, 0.717) is 26.3 Å². The van der Waals surface area contributed by atoms with E-state index in [0.717, 1.165) is 38.8 Å². The van der Waals surface area contributed by atoms with E-state index in [2.05, 4.69) is 36.1 Å². The molecule has 136 valence electrons. The number of ether oxygens (including phenoxy) is 2. The van der Waals surface area contributed by atoms with Crippen molar-refractivity contribution in [3.63, 3.8) is 0 Å². The molecule has 1 aromatic rings. The molecule has 5 nitrogen and oxygen atoms in total. The first-order chi connectivity index (χ1) is 12.2. The maximum absolute atomic E-state index is 12.8. The van der Waals surface area contributed by atoms with E-state index in [1.165, 1.54) is 11.3 Å². The third-order valence-corrected chi connectivity index (χ3v) is 5.67. The molecular weight excluding hydrogens is 316 g/mol. The van der Waals surface area contributed by atoms with E-state index in [1.54, 1.807) is 0 Å². The molecule has 3 aliphatic heterocycles. The summed E-state index contributed by atoms with van der Waals surface area (Å²) in [5, 5.41) is 0. The molecule has 4 rings (SSSR count). The van der Waals surface area contributed by atoms with E-state index >= 15 is 0 Å². The van der Waals surface area contributed by atoms with Crippen LogP contribution in [0, 0.1) is 6.92 Å². The summed E-state index contributed by atoms with van der Waals surface area (Å²) in [5.74, 6) is 0.160. The van der Waals surface area contributed by atoms with Gasteiger partial charge in [-0.2, -0.15) is 0 Å². The highest BCUT2D eigenvalue weighted by atomic mass is 16.5. The van der Waals surface area contributed by atoms with Crippen molar-refractivity contribution < 1.29 is 14.3 Å². The number of carbonyl (C=O) groups is 1. The van der Waals surface area contributed by atoms with Gasteiger partial charge in [0.1, 0.15) is 11.7 Å². The van der Waals surface area contributed by atoms with Gasteiger partial charge in [0, 0.05) is 31.9 Å². The molecule has 5 heteroatoms. The van der Waals surface area contributed by atoms with Gasteiger partial charge in [-0.25, -0.2) is 0 Å². The van der Waals surface area contributed by atoms with Crippen molar-refractivity contribution >= 4 is 11.6 Å². The van der Waals surface area contributed by atoms with Crippen molar-refractivity contribution in [3.8, 4) is 0 Å². The van der Waals surface area contributed by atoms with Crippen LogP contribution in [0.1, 0.15) is 31.2 Å². The molecule has 1 aromatic carbocycles. The number of amides is 1. The molecule has 1 unspecified atom stereocenters. The lowest BCUT2D eigenvalue weighted by Gasteiger charge is -2.49. The fourth-order valence-electron chi connectivity index (χ4n) is 4.40. The number of morpholine rings is 1. The number of rotatable bonds is 2. The van der Waals surface area contributed by atoms with Crippen molar-refractivity contribution in [3.05, 3.63) is 29.8 Å². The summed E-state index contributed by atoms with van der Waals surface area (Å²) in [4.78, 5) is 17.2. The fraction of sp³-hybridized carbons (Fsp3) is 0.650. The van der Waals surface area contributed by atoms with Crippen LogP contribution in [0.15, 0.2) is 24.3 Å². The Labute approximate surface area is 149 Å². The van der Waals surface area contributed by atoms with Crippen LogP contribution in [0.4, 0.5) is 5.69 Å². The Kier molecular flexibility index (Phi) is 4.69. The van der Waals surface area contributed by atoms with Crippen molar-refractivity contribution in [2.24, 2.45) is 0 Å². The zero-order valence-corrected chi connectivity index (χ0v) is 15.1. The summed E-state index contributed by atoms with van der Waals surface area (Å²) in [6, 6.07) is 8.64. The lowest BCUT2D eigenvalue weighted by molar-refractivity contribution is -0.160. The van der Waals surface area contributed by atoms with Crippen LogP contribution < -0.4 is 4.90 Å². The van der Waals surface area contributed by atoms with Gasteiger partial charge in [-0.05, 0) is 50.3 Å². The van der Waals surface area contributed by atoms with Crippen LogP contribution in [0.5, 0.6) is 0 Å². The number of hydrogen-bond donors (Lipinski definition) is 0. The number of piperidine rings is 1. The van der Waals surface area contributed by atoms with E-state index in [4.69, 9.17) is 9.47 Å². The first-order valence-electron chi connectivity index (χ1n) is 9.51. The van der Waals surface area contributed by atoms with Crippen LogP contribution in [-0.2, 0) is 14.3 Å². The van der Waals surface area contributed by atoms with Gasteiger partial charge in [-0.3, -0.25) is 4.79 Å². The second kappa shape index (κ2) is 6.96. The Morgan fingerprint density at radius 3 is 2.92 bits per heavy atom. The predicted molar refractivity (Wildman–Crippen MR) is 96.9 cm³/mol. The van der Waals surface area contributed by atoms with Gasteiger partial charge in [0.25, 0.3) is 5.91 Å². The highest BCUT2D eigenvalue weighted by Crippen LogP contribution is 2.32. The molecule has 0 saturated carbocycles. The molecule has 0 aromatic heterocycles. The largest absolute Gasteiger partial charge is 0.369 e. The minimum atomic E-state index is -0.242. The van der Waals surface area contributed by atoms with Crippen LogP contribution in [0.25, 0.3) is 0 Å². The van der Waals surface area contributed by atoms with Crippen molar-refractivity contribution in [1.82, 2.24) is 4.90 Å². The number of hydrogen-bond acceptors (Lipinski definition) is 4. The maximum Gasteiger partial charge on any atom is 0.251 e. The molecular formula is C20H28N2O3. The highest BCUT2D eigenvalue weighted by Gasteiger charge is 2.43. The zero-order chi connectivity index (χ0) is 17.3. The third-order valence-electron chi connectivity index (χ3n) is 5.67. The molecule has 0 aliphatic carbocycles. The molecule has 0 bridgehead atoms. The van der Waals surface area contributed by atoms with Crippen LogP contribution >= 0.6 is 0 Å². The topological polar surface area (TPSA) is 42.0 Å². The molecule has 3 aliphatic rings. The molecule has 25 heavy (non-hydrogen) atoms. The molecule has 1 amide bonds. The fourth-order valence-corrected chi connectivity index (χ4v) is 4.40. The summed E-state index contributed by atoms with van der Waals surface area (Å²) in [7, 11) is 0. The molecule has 3 heterocycles. The Balaban J connectivity index is 1.47. The summed E-state index contributed by atoms with van der Waals surface area (Å²) in [5.41, 5.74) is 2.29. The molecule has 3 saturated heterocycles. The monoisotopic (exact) mass is 344 g/mol. The first kappa shape index (κ1) is 16.9. The predicted octanol–water partition coefficient (Wildman–Crippen LogP) is 2.37. The second-order valence-electron chi connectivity index (χ2n) is 7.66. The molecule has 3 fully saturated rings. The van der Waals surface area contributed by atoms with E-state index in [-0.39, 0.29) is 17.6 Å². The zero-order valence-electron chi connectivity index (χ0n) is 15.1. The Morgan fingerprint density at radius 1 is 1.20 bits per heavy atom. The lowest BCUT2D eigenvalue weighted by atomic mass is 9.90. The maximum atomic E-state index is 12.8. The number of aryl methyl sites for hydroxylation is 1. The minimum Gasteiger partial charge on any atom is -0.369 e. The van der Waals surface area contributed by atoms with Gasteiger partial charge in [0.2, 0.25) is 0 Å². The summed E-state index contributed by atoms with van der Waals surface area (Å²) in [6.07, 6.45) is 3.73. The van der Waals surface area contributed by atoms with Crippen molar-refractivity contribution in [2.75, 3.05) is 44.3 Å². The van der Waals surface area contributed by atoms with E-state index < -0.39 is 0 Å². The smallest absolute Gasteiger partial charge is 0.251 e. The molecule has 0 N–H and O–H groups in total. The first-order valence-corrected chi connectivity index (χ1v) is 9.51. The highest BCUT2D eigenvalue weighted by molar-refractivity contribution is 5.81. The number of anilines is 1. The van der Waals surface area contributed by atoms with Gasteiger partial charge in [0.15, 0.2) is 0 Å². The quantitative estimate of drug-likeness (QED) is 0.826.